The Labute approximate surface area is 92.6 Å². The Hall–Kier alpha value is -0.320. The number of hydrogen-bond donors (Lipinski definition) is 2. The van der Waals surface area contributed by atoms with Crippen LogP contribution in [0.4, 0.5) is 0 Å². The minimum absolute atomic E-state index is 0. The van der Waals surface area contributed by atoms with Crippen LogP contribution in [0.15, 0.2) is 11.6 Å². The van der Waals surface area contributed by atoms with Crippen LogP contribution in [0.25, 0.3) is 0 Å². The Kier molecular flexibility index (Phi) is 8.69. The molecule has 0 spiro atoms. The van der Waals surface area contributed by atoms with Gasteiger partial charge in [0, 0.05) is 5.57 Å². The van der Waals surface area contributed by atoms with E-state index in [0.717, 1.165) is 0 Å². The van der Waals surface area contributed by atoms with E-state index in [1.54, 1.807) is 6.92 Å². The summed E-state index contributed by atoms with van der Waals surface area (Å²) >= 11 is 0. The van der Waals surface area contributed by atoms with Crippen LogP contribution >= 0.6 is 0 Å². The van der Waals surface area contributed by atoms with Gasteiger partial charge in [0.1, 0.15) is 0 Å². The van der Waals surface area contributed by atoms with Crippen molar-refractivity contribution >= 4 is 41.5 Å². The summed E-state index contributed by atoms with van der Waals surface area (Å²) in [6, 6.07) is 0. The molecule has 64 valence electrons. The standard InChI is InChI=1S/C7H10O4.Na.H/c1-2-3-5(7(10)11)4-6(8)9;;/h3H,2,4H2,1H3,(H,8,9)(H,10,11);;. The number of allylic oxidation sites excluding steroid dienone is 1. The Morgan fingerprint density at radius 1 is 1.33 bits per heavy atom. The molecular formula is C7H11NaO4. The van der Waals surface area contributed by atoms with Gasteiger partial charge in [-0.3, -0.25) is 4.79 Å². The van der Waals surface area contributed by atoms with E-state index in [1.807, 2.05) is 0 Å². The van der Waals surface area contributed by atoms with Crippen molar-refractivity contribution < 1.29 is 19.8 Å². The van der Waals surface area contributed by atoms with Crippen LogP contribution in [-0.2, 0) is 9.59 Å². The third kappa shape index (κ3) is 6.39. The fourth-order valence-electron chi connectivity index (χ4n) is 0.644. The van der Waals surface area contributed by atoms with Crippen LogP contribution in [0.2, 0.25) is 0 Å². The number of rotatable bonds is 4. The molecule has 12 heavy (non-hydrogen) atoms. The molecule has 0 aromatic rings. The molecule has 5 heteroatoms. The van der Waals surface area contributed by atoms with Gasteiger partial charge in [-0.2, -0.15) is 0 Å². The molecule has 0 aliphatic rings. The van der Waals surface area contributed by atoms with E-state index in [4.69, 9.17) is 10.2 Å². The van der Waals surface area contributed by atoms with Gasteiger partial charge in [0.2, 0.25) is 0 Å². The summed E-state index contributed by atoms with van der Waals surface area (Å²) in [4.78, 5) is 20.4. The molecule has 4 nitrogen and oxygen atoms in total. The Morgan fingerprint density at radius 2 is 1.83 bits per heavy atom. The van der Waals surface area contributed by atoms with Gasteiger partial charge >= 0.3 is 41.5 Å². The second kappa shape index (κ2) is 7.34. The SMILES string of the molecule is CCC=C(CC(=O)O)C(=O)O.[NaH]. The molecule has 0 atom stereocenters. The maximum atomic E-state index is 10.3. The summed E-state index contributed by atoms with van der Waals surface area (Å²) < 4.78 is 0. The van der Waals surface area contributed by atoms with Gasteiger partial charge in [-0.1, -0.05) is 13.0 Å². The van der Waals surface area contributed by atoms with Crippen LogP contribution in [0.5, 0.6) is 0 Å². The average Bonchev–Trinajstić information content (AvgIpc) is 1.86. The van der Waals surface area contributed by atoms with Crippen molar-refractivity contribution in [2.24, 2.45) is 0 Å². The van der Waals surface area contributed by atoms with Crippen LogP contribution < -0.4 is 0 Å². The van der Waals surface area contributed by atoms with Crippen molar-refractivity contribution in [2.75, 3.05) is 0 Å². The van der Waals surface area contributed by atoms with Crippen LogP contribution in [0, 0.1) is 0 Å². The maximum absolute atomic E-state index is 10.3. The molecule has 0 aromatic heterocycles. The third-order valence-corrected chi connectivity index (χ3v) is 1.07. The predicted molar refractivity (Wildman–Crippen MR) is 45.4 cm³/mol. The number of carboxylic acid groups (broad SMARTS) is 2. The molecule has 0 amide bonds. The summed E-state index contributed by atoms with van der Waals surface area (Å²) in [6.45, 7) is 1.75. The second-order valence-corrected chi connectivity index (χ2v) is 2.01. The van der Waals surface area contributed by atoms with Gasteiger partial charge in [-0.05, 0) is 6.42 Å². The zero-order valence-corrected chi connectivity index (χ0v) is 6.20. The van der Waals surface area contributed by atoms with Crippen molar-refractivity contribution in [3.8, 4) is 0 Å². The van der Waals surface area contributed by atoms with E-state index < -0.39 is 18.4 Å². The van der Waals surface area contributed by atoms with Crippen LogP contribution in [0.3, 0.4) is 0 Å². The normalized spacial score (nSPS) is 10.2. The molecule has 0 rings (SSSR count). The first-order chi connectivity index (χ1) is 5.07. The molecule has 0 aliphatic carbocycles. The third-order valence-electron chi connectivity index (χ3n) is 1.07. The molecule has 0 saturated heterocycles. The molecule has 0 aromatic carbocycles. The Morgan fingerprint density at radius 3 is 2.08 bits per heavy atom. The predicted octanol–water partition coefficient (Wildman–Crippen LogP) is 0.234. The van der Waals surface area contributed by atoms with E-state index in [2.05, 4.69) is 0 Å². The molecule has 0 unspecified atom stereocenters. The molecule has 0 radical (unpaired) electrons. The number of carboxylic acids is 2. The van der Waals surface area contributed by atoms with Crippen molar-refractivity contribution in [1.82, 2.24) is 0 Å². The number of carbonyl (C=O) groups is 2. The van der Waals surface area contributed by atoms with Gasteiger partial charge in [0.15, 0.2) is 0 Å². The first-order valence-electron chi connectivity index (χ1n) is 3.22. The fourth-order valence-corrected chi connectivity index (χ4v) is 0.644. The molecule has 0 fully saturated rings. The zero-order valence-electron chi connectivity index (χ0n) is 6.20. The zero-order chi connectivity index (χ0) is 8.85. The van der Waals surface area contributed by atoms with E-state index in [1.165, 1.54) is 6.08 Å². The van der Waals surface area contributed by atoms with Crippen molar-refractivity contribution in [3.63, 3.8) is 0 Å². The average molecular weight is 182 g/mol. The molecule has 0 saturated carbocycles. The van der Waals surface area contributed by atoms with Crippen LogP contribution in [0.1, 0.15) is 19.8 Å². The first-order valence-corrected chi connectivity index (χ1v) is 3.22. The summed E-state index contributed by atoms with van der Waals surface area (Å²) in [5.74, 6) is -2.28. The van der Waals surface area contributed by atoms with E-state index in [-0.39, 0.29) is 35.1 Å². The minimum atomic E-state index is -1.16. The van der Waals surface area contributed by atoms with Crippen LogP contribution in [-0.4, -0.2) is 51.7 Å². The summed E-state index contributed by atoms with van der Waals surface area (Å²) in [6.07, 6.45) is 1.52. The monoisotopic (exact) mass is 182 g/mol. The summed E-state index contributed by atoms with van der Waals surface area (Å²) in [5, 5.41) is 16.7. The topological polar surface area (TPSA) is 74.6 Å². The van der Waals surface area contributed by atoms with Gasteiger partial charge in [0.05, 0.1) is 6.42 Å². The molecular weight excluding hydrogens is 171 g/mol. The van der Waals surface area contributed by atoms with Gasteiger partial charge in [0.25, 0.3) is 0 Å². The van der Waals surface area contributed by atoms with Crippen molar-refractivity contribution in [1.29, 1.82) is 0 Å². The summed E-state index contributed by atoms with van der Waals surface area (Å²) in [7, 11) is 0. The Balaban J connectivity index is 0. The van der Waals surface area contributed by atoms with E-state index in [0.29, 0.717) is 6.42 Å². The van der Waals surface area contributed by atoms with E-state index in [9.17, 15) is 9.59 Å². The molecule has 2 N–H and O–H groups in total. The second-order valence-electron chi connectivity index (χ2n) is 2.01. The van der Waals surface area contributed by atoms with Crippen molar-refractivity contribution in [2.45, 2.75) is 19.8 Å². The summed E-state index contributed by atoms with van der Waals surface area (Å²) in [5.41, 5.74) is -0.0556. The van der Waals surface area contributed by atoms with Crippen molar-refractivity contribution in [3.05, 3.63) is 11.6 Å². The fraction of sp³-hybridized carbons (Fsp3) is 0.429. The van der Waals surface area contributed by atoms with E-state index >= 15 is 0 Å². The first kappa shape index (κ1) is 14.2. The molecule has 0 heterocycles. The number of aliphatic carboxylic acids is 2. The van der Waals surface area contributed by atoms with Gasteiger partial charge in [-0.25, -0.2) is 4.79 Å². The molecule has 0 bridgehead atoms. The molecule has 0 aliphatic heterocycles. The van der Waals surface area contributed by atoms with Gasteiger partial charge < -0.3 is 10.2 Å². The Bertz CT molecular complexity index is 198. The quantitative estimate of drug-likeness (QED) is 0.482. The number of hydrogen-bond acceptors (Lipinski definition) is 2. The van der Waals surface area contributed by atoms with Gasteiger partial charge in [-0.15, -0.1) is 0 Å².